The molecule has 1 saturated carbocycles. The smallest absolute Gasteiger partial charge is 0.0945 e. The van der Waals surface area contributed by atoms with Crippen molar-refractivity contribution in [2.45, 2.75) is 45.3 Å². The van der Waals surface area contributed by atoms with E-state index in [4.69, 9.17) is 0 Å². The van der Waals surface area contributed by atoms with Crippen molar-refractivity contribution in [3.8, 4) is 0 Å². The largest absolute Gasteiger partial charge is 0.354 e. The molecule has 20 heavy (non-hydrogen) atoms. The highest BCUT2D eigenvalue weighted by Crippen LogP contribution is 2.40. The van der Waals surface area contributed by atoms with Crippen LogP contribution in [-0.4, -0.2) is 20.7 Å². The van der Waals surface area contributed by atoms with Gasteiger partial charge in [-0.25, -0.2) is 4.98 Å². The van der Waals surface area contributed by atoms with E-state index in [1.54, 1.807) is 0 Å². The number of nitrogens with one attached hydrogen (secondary N) is 1. The van der Waals surface area contributed by atoms with Crippen molar-refractivity contribution in [1.82, 2.24) is 19.4 Å². The Labute approximate surface area is 120 Å². The van der Waals surface area contributed by atoms with Crippen molar-refractivity contribution in [3.63, 3.8) is 0 Å². The summed E-state index contributed by atoms with van der Waals surface area (Å²) in [6.45, 7) is 5.35. The van der Waals surface area contributed by atoms with E-state index in [9.17, 15) is 0 Å². The summed E-state index contributed by atoms with van der Waals surface area (Å²) >= 11 is 0. The summed E-state index contributed by atoms with van der Waals surface area (Å²) in [5.41, 5.74) is 1.46. The van der Waals surface area contributed by atoms with Gasteiger partial charge in [-0.05, 0) is 43.4 Å². The maximum absolute atomic E-state index is 4.07. The van der Waals surface area contributed by atoms with Gasteiger partial charge in [-0.1, -0.05) is 6.92 Å². The van der Waals surface area contributed by atoms with Gasteiger partial charge in [0, 0.05) is 43.9 Å². The van der Waals surface area contributed by atoms with Gasteiger partial charge < -0.3 is 14.5 Å². The monoisotopic (exact) mass is 272 g/mol. The van der Waals surface area contributed by atoms with Crippen molar-refractivity contribution >= 4 is 0 Å². The van der Waals surface area contributed by atoms with Gasteiger partial charge in [0.1, 0.15) is 0 Å². The number of hydrogen-bond donors (Lipinski definition) is 1. The fourth-order valence-corrected chi connectivity index (χ4v) is 2.84. The number of rotatable bonds is 8. The molecule has 108 valence electrons. The van der Waals surface area contributed by atoms with Gasteiger partial charge in [-0.3, -0.25) is 0 Å². The lowest BCUT2D eigenvalue weighted by atomic mass is 10.1. The summed E-state index contributed by atoms with van der Waals surface area (Å²) in [7, 11) is 0. The Morgan fingerprint density at radius 1 is 1.30 bits per heavy atom. The summed E-state index contributed by atoms with van der Waals surface area (Å²) in [4.78, 5) is 4.07. The summed E-state index contributed by atoms with van der Waals surface area (Å²) in [5, 5.41) is 3.63. The van der Waals surface area contributed by atoms with Crippen LogP contribution in [0.4, 0.5) is 0 Å². The zero-order valence-corrected chi connectivity index (χ0v) is 12.2. The standard InChI is InChI=1S/C16H24N4/c1-2-18-16(14-4-5-14)15-6-10-19(12-15)8-3-9-20-11-7-17-13-20/h6-7,10-14,16,18H,2-5,8-9H2,1H3. The first-order chi connectivity index (χ1) is 9.86. The summed E-state index contributed by atoms with van der Waals surface area (Å²) in [5.74, 6) is 0.858. The van der Waals surface area contributed by atoms with Gasteiger partial charge in [0.05, 0.1) is 6.33 Å². The normalized spacial score (nSPS) is 16.4. The van der Waals surface area contributed by atoms with E-state index in [0.717, 1.165) is 32.0 Å². The van der Waals surface area contributed by atoms with Gasteiger partial charge in [-0.15, -0.1) is 0 Å². The zero-order valence-electron chi connectivity index (χ0n) is 12.2. The van der Waals surface area contributed by atoms with Gasteiger partial charge in [-0.2, -0.15) is 0 Å². The third-order valence-corrected chi connectivity index (χ3v) is 4.04. The number of aromatic nitrogens is 3. The Hall–Kier alpha value is -1.55. The van der Waals surface area contributed by atoms with Gasteiger partial charge in [0.15, 0.2) is 0 Å². The van der Waals surface area contributed by atoms with Gasteiger partial charge in [0.2, 0.25) is 0 Å². The lowest BCUT2D eigenvalue weighted by Gasteiger charge is -2.15. The van der Waals surface area contributed by atoms with Crippen LogP contribution in [0.2, 0.25) is 0 Å². The van der Waals surface area contributed by atoms with Crippen LogP contribution in [0.3, 0.4) is 0 Å². The predicted octanol–water partition coefficient (Wildman–Crippen LogP) is 2.84. The van der Waals surface area contributed by atoms with Gasteiger partial charge >= 0.3 is 0 Å². The molecule has 1 unspecified atom stereocenters. The van der Waals surface area contributed by atoms with E-state index < -0.39 is 0 Å². The molecule has 1 fully saturated rings. The highest BCUT2D eigenvalue weighted by Gasteiger charge is 2.31. The molecule has 0 spiro atoms. The minimum absolute atomic E-state index is 0.565. The number of aryl methyl sites for hydroxylation is 2. The van der Waals surface area contributed by atoms with Crippen LogP contribution < -0.4 is 5.32 Å². The van der Waals surface area contributed by atoms with E-state index in [0.29, 0.717) is 6.04 Å². The van der Waals surface area contributed by atoms with Crippen molar-refractivity contribution in [2.24, 2.45) is 5.92 Å². The highest BCUT2D eigenvalue weighted by atomic mass is 15.0. The van der Waals surface area contributed by atoms with E-state index in [1.165, 1.54) is 18.4 Å². The van der Waals surface area contributed by atoms with E-state index in [-0.39, 0.29) is 0 Å². The second-order valence-corrected chi connectivity index (χ2v) is 5.71. The number of hydrogen-bond acceptors (Lipinski definition) is 2. The van der Waals surface area contributed by atoms with Gasteiger partial charge in [0.25, 0.3) is 0 Å². The Balaban J connectivity index is 1.53. The molecule has 0 amide bonds. The van der Waals surface area contributed by atoms with Crippen molar-refractivity contribution < 1.29 is 0 Å². The number of nitrogens with zero attached hydrogens (tertiary/aromatic N) is 3. The topological polar surface area (TPSA) is 34.8 Å². The lowest BCUT2D eigenvalue weighted by Crippen LogP contribution is -2.22. The highest BCUT2D eigenvalue weighted by molar-refractivity contribution is 5.18. The molecule has 4 nitrogen and oxygen atoms in total. The van der Waals surface area contributed by atoms with Crippen molar-refractivity contribution in [3.05, 3.63) is 42.7 Å². The first-order valence-electron chi connectivity index (χ1n) is 7.71. The molecule has 0 aliphatic heterocycles. The molecule has 2 heterocycles. The summed E-state index contributed by atoms with van der Waals surface area (Å²) < 4.78 is 4.45. The Morgan fingerprint density at radius 3 is 2.85 bits per heavy atom. The minimum atomic E-state index is 0.565. The molecule has 1 aliphatic carbocycles. The molecule has 0 bridgehead atoms. The SMILES string of the molecule is CCNC(c1ccn(CCCn2ccnc2)c1)C1CC1. The van der Waals surface area contributed by atoms with E-state index in [2.05, 4.69) is 44.8 Å². The predicted molar refractivity (Wildman–Crippen MR) is 80.4 cm³/mol. The van der Waals surface area contributed by atoms with Crippen LogP contribution in [-0.2, 0) is 13.1 Å². The van der Waals surface area contributed by atoms with Crippen LogP contribution in [0.25, 0.3) is 0 Å². The average molecular weight is 272 g/mol. The Morgan fingerprint density at radius 2 is 2.15 bits per heavy atom. The van der Waals surface area contributed by atoms with Crippen LogP contribution >= 0.6 is 0 Å². The first-order valence-corrected chi connectivity index (χ1v) is 7.71. The maximum atomic E-state index is 4.07. The Kier molecular flexibility index (Phi) is 4.21. The third-order valence-electron chi connectivity index (χ3n) is 4.04. The number of imidazole rings is 1. The molecule has 2 aromatic rings. The van der Waals surface area contributed by atoms with Crippen LogP contribution in [0.1, 0.15) is 37.8 Å². The molecule has 0 saturated heterocycles. The summed E-state index contributed by atoms with van der Waals surface area (Å²) in [6.07, 6.45) is 14.2. The van der Waals surface area contributed by atoms with Crippen LogP contribution in [0, 0.1) is 5.92 Å². The minimum Gasteiger partial charge on any atom is -0.354 e. The average Bonchev–Trinajstić information content (AvgIpc) is 2.97. The molecular formula is C16H24N4. The summed E-state index contributed by atoms with van der Waals surface area (Å²) in [6, 6.07) is 2.85. The molecular weight excluding hydrogens is 248 g/mol. The zero-order chi connectivity index (χ0) is 13.8. The molecule has 2 aromatic heterocycles. The molecule has 0 radical (unpaired) electrons. The second-order valence-electron chi connectivity index (χ2n) is 5.71. The fourth-order valence-electron chi connectivity index (χ4n) is 2.84. The molecule has 0 aromatic carbocycles. The second kappa shape index (κ2) is 6.27. The first kappa shape index (κ1) is 13.4. The van der Waals surface area contributed by atoms with E-state index >= 15 is 0 Å². The molecule has 3 rings (SSSR count). The molecule has 1 aliphatic rings. The molecule has 4 heteroatoms. The quantitative estimate of drug-likeness (QED) is 0.802. The fraction of sp³-hybridized carbons (Fsp3) is 0.562. The maximum Gasteiger partial charge on any atom is 0.0945 e. The van der Waals surface area contributed by atoms with E-state index in [1.807, 2.05) is 18.7 Å². The van der Waals surface area contributed by atoms with Crippen molar-refractivity contribution in [1.29, 1.82) is 0 Å². The lowest BCUT2D eigenvalue weighted by molar-refractivity contribution is 0.493. The molecule has 1 atom stereocenters. The molecule has 1 N–H and O–H groups in total. The van der Waals surface area contributed by atoms with Crippen LogP contribution in [0.15, 0.2) is 37.2 Å². The third kappa shape index (κ3) is 3.31. The van der Waals surface area contributed by atoms with Crippen molar-refractivity contribution in [2.75, 3.05) is 6.54 Å². The Bertz CT molecular complexity index is 510. The van der Waals surface area contributed by atoms with Crippen LogP contribution in [0.5, 0.6) is 0 Å².